The number of hydrogen-bond donors (Lipinski definition) is 0. The van der Waals surface area contributed by atoms with Gasteiger partial charge >= 0.3 is 0 Å². The van der Waals surface area contributed by atoms with Crippen LogP contribution in [0.1, 0.15) is 36.4 Å². The summed E-state index contributed by atoms with van der Waals surface area (Å²) >= 11 is 6.99. The van der Waals surface area contributed by atoms with Crippen LogP contribution >= 0.6 is 31.9 Å². The van der Waals surface area contributed by atoms with Crippen molar-refractivity contribution in [3.05, 3.63) is 104 Å². The number of halogens is 3. The number of benzene rings is 3. The van der Waals surface area contributed by atoms with Crippen LogP contribution in [0.3, 0.4) is 0 Å². The average Bonchev–Trinajstić information content (AvgIpc) is 3.26. The maximum absolute atomic E-state index is 14.0. The zero-order chi connectivity index (χ0) is 24.4. The molecule has 3 aromatic carbocycles. The van der Waals surface area contributed by atoms with Crippen molar-refractivity contribution in [2.45, 2.75) is 25.3 Å². The second-order valence-corrected chi connectivity index (χ2v) is 10.5. The van der Waals surface area contributed by atoms with Crippen LogP contribution in [0, 0.1) is 11.7 Å². The summed E-state index contributed by atoms with van der Waals surface area (Å²) < 4.78 is 21.6. The summed E-state index contributed by atoms with van der Waals surface area (Å²) in [6, 6.07) is 22.0. The molecule has 7 heteroatoms. The molecule has 3 aromatic rings. The molecule has 2 aliphatic rings. The highest BCUT2D eigenvalue weighted by Crippen LogP contribution is 2.44. The lowest BCUT2D eigenvalue weighted by molar-refractivity contribution is -0.135. The molecule has 0 aromatic heterocycles. The molecule has 5 rings (SSSR count). The van der Waals surface area contributed by atoms with Crippen molar-refractivity contribution in [2.24, 2.45) is 11.0 Å². The quantitative estimate of drug-likeness (QED) is 0.305. The van der Waals surface area contributed by atoms with Crippen molar-refractivity contribution in [1.29, 1.82) is 0 Å². The molecule has 2 atom stereocenters. The second kappa shape index (κ2) is 10.5. The lowest BCUT2D eigenvalue weighted by Crippen LogP contribution is -2.34. The Hall–Kier alpha value is -2.77. The van der Waals surface area contributed by atoms with Gasteiger partial charge in [0.1, 0.15) is 0 Å². The van der Waals surface area contributed by atoms with Gasteiger partial charge < -0.3 is 4.74 Å². The zero-order valence-electron chi connectivity index (χ0n) is 18.8. The van der Waals surface area contributed by atoms with Crippen molar-refractivity contribution >= 4 is 49.6 Å². The Kier molecular flexibility index (Phi) is 7.16. The number of hydrazone groups is 1. The summed E-state index contributed by atoms with van der Waals surface area (Å²) in [7, 11) is 0. The number of ether oxygens (including phenoxy) is 1. The lowest BCUT2D eigenvalue weighted by atomic mass is 9.77. The molecule has 2 unspecified atom stereocenters. The summed E-state index contributed by atoms with van der Waals surface area (Å²) in [6.07, 6.45) is 5.04. The number of rotatable bonds is 5. The van der Waals surface area contributed by atoms with Gasteiger partial charge in [0.05, 0.1) is 11.8 Å². The van der Waals surface area contributed by atoms with E-state index < -0.39 is 5.82 Å². The minimum atomic E-state index is -0.495. The van der Waals surface area contributed by atoms with Gasteiger partial charge in [-0.2, -0.15) is 5.10 Å². The summed E-state index contributed by atoms with van der Waals surface area (Å²) in [4.78, 5) is 13.4. The molecule has 1 heterocycles. The van der Waals surface area contributed by atoms with Crippen molar-refractivity contribution < 1.29 is 13.9 Å². The zero-order valence-corrected chi connectivity index (χ0v) is 22.0. The van der Waals surface area contributed by atoms with Crippen LogP contribution in [0.15, 0.2) is 92.4 Å². The van der Waals surface area contributed by atoms with Gasteiger partial charge in [0.25, 0.3) is 5.91 Å². The molecule has 35 heavy (non-hydrogen) atoms. The monoisotopic (exact) mass is 596 g/mol. The molecule has 1 amide bonds. The van der Waals surface area contributed by atoms with E-state index in [0.29, 0.717) is 0 Å². The summed E-state index contributed by atoms with van der Waals surface area (Å²) in [5.74, 6) is -0.651. The standard InChI is InChI=1S/C28H23Br2FN2O2/c29-21-12-8-18(9-13-21)16-20-4-3-5-23-27(20)32-33(28(23)19-10-14-22(30)15-11-19)26(34)17-35-25-7-2-1-6-24(25)31/h1-2,6-16,23,28H,3-5,17H2/b20-16+. The minimum Gasteiger partial charge on any atom is -0.481 e. The smallest absolute Gasteiger partial charge is 0.281 e. The van der Waals surface area contributed by atoms with E-state index in [1.165, 1.54) is 12.1 Å². The fourth-order valence-corrected chi connectivity index (χ4v) is 5.26. The maximum Gasteiger partial charge on any atom is 0.281 e. The van der Waals surface area contributed by atoms with Gasteiger partial charge in [-0.25, -0.2) is 9.40 Å². The van der Waals surface area contributed by atoms with Crippen LogP contribution in [-0.2, 0) is 4.79 Å². The third-order valence-electron chi connectivity index (χ3n) is 6.37. The van der Waals surface area contributed by atoms with Crippen LogP contribution in [0.5, 0.6) is 5.75 Å². The second-order valence-electron chi connectivity index (χ2n) is 8.66. The van der Waals surface area contributed by atoms with E-state index in [1.807, 2.05) is 36.4 Å². The van der Waals surface area contributed by atoms with Crippen LogP contribution in [0.2, 0.25) is 0 Å². The highest BCUT2D eigenvalue weighted by molar-refractivity contribution is 9.10. The van der Waals surface area contributed by atoms with E-state index in [0.717, 1.165) is 50.6 Å². The highest BCUT2D eigenvalue weighted by Gasteiger charge is 2.43. The number of nitrogens with zero attached hydrogens (tertiary/aromatic N) is 2. The third-order valence-corrected chi connectivity index (χ3v) is 7.42. The van der Waals surface area contributed by atoms with E-state index in [9.17, 15) is 9.18 Å². The summed E-state index contributed by atoms with van der Waals surface area (Å²) in [5.41, 5.74) is 4.21. The van der Waals surface area contributed by atoms with E-state index in [4.69, 9.17) is 9.84 Å². The highest BCUT2D eigenvalue weighted by atomic mass is 79.9. The normalized spacial score (nSPS) is 20.5. The van der Waals surface area contributed by atoms with Crippen LogP contribution in [0.4, 0.5) is 4.39 Å². The Morgan fingerprint density at radius 2 is 1.71 bits per heavy atom. The Morgan fingerprint density at radius 3 is 2.43 bits per heavy atom. The third kappa shape index (κ3) is 5.26. The Balaban J connectivity index is 1.47. The van der Waals surface area contributed by atoms with E-state index in [1.54, 1.807) is 17.1 Å². The molecular weight excluding hydrogens is 575 g/mol. The first-order chi connectivity index (χ1) is 17.0. The van der Waals surface area contributed by atoms with E-state index in [2.05, 4.69) is 50.1 Å². The maximum atomic E-state index is 14.0. The number of hydrogen-bond acceptors (Lipinski definition) is 3. The Labute approximate surface area is 220 Å². The van der Waals surface area contributed by atoms with Crippen molar-refractivity contribution in [3.63, 3.8) is 0 Å². The molecule has 0 bridgehead atoms. The van der Waals surface area contributed by atoms with Gasteiger partial charge in [0, 0.05) is 14.9 Å². The van der Waals surface area contributed by atoms with Crippen molar-refractivity contribution in [1.82, 2.24) is 5.01 Å². The van der Waals surface area contributed by atoms with Crippen molar-refractivity contribution in [3.8, 4) is 5.75 Å². The largest absolute Gasteiger partial charge is 0.481 e. The average molecular weight is 598 g/mol. The number of fused-ring (bicyclic) bond motifs is 1. The minimum absolute atomic E-state index is 0.0566. The van der Waals surface area contributed by atoms with Crippen LogP contribution in [-0.4, -0.2) is 23.2 Å². The molecule has 1 aliphatic heterocycles. The van der Waals surface area contributed by atoms with Crippen LogP contribution in [0.25, 0.3) is 6.08 Å². The Bertz CT molecular complexity index is 1290. The number of amides is 1. The first-order valence-electron chi connectivity index (χ1n) is 11.5. The SMILES string of the molecule is O=C(COc1ccccc1F)N1N=C2/C(=C/c3ccc(Br)cc3)CCCC2C1c1ccc(Br)cc1. The van der Waals surface area contributed by atoms with E-state index >= 15 is 0 Å². The number of carbonyl (C=O) groups excluding carboxylic acids is 1. The predicted octanol–water partition coefficient (Wildman–Crippen LogP) is 7.55. The first-order valence-corrected chi connectivity index (χ1v) is 13.1. The first kappa shape index (κ1) is 23.9. The fourth-order valence-electron chi connectivity index (χ4n) is 4.73. The molecule has 4 nitrogen and oxygen atoms in total. The summed E-state index contributed by atoms with van der Waals surface area (Å²) in [5, 5.41) is 6.40. The molecule has 0 spiro atoms. The summed E-state index contributed by atoms with van der Waals surface area (Å²) in [6.45, 7) is -0.288. The number of para-hydroxylation sites is 1. The fraction of sp³-hybridized carbons (Fsp3) is 0.214. The molecule has 0 N–H and O–H groups in total. The molecule has 0 saturated heterocycles. The van der Waals surface area contributed by atoms with Gasteiger partial charge in [-0.1, -0.05) is 68.3 Å². The molecular formula is C28H23Br2FN2O2. The molecule has 178 valence electrons. The molecule has 1 aliphatic carbocycles. The van der Waals surface area contributed by atoms with E-state index in [-0.39, 0.29) is 30.2 Å². The topological polar surface area (TPSA) is 41.9 Å². The van der Waals surface area contributed by atoms with Gasteiger partial charge in [0.15, 0.2) is 18.2 Å². The van der Waals surface area contributed by atoms with Gasteiger partial charge in [0.2, 0.25) is 0 Å². The van der Waals surface area contributed by atoms with Gasteiger partial charge in [-0.3, -0.25) is 4.79 Å². The predicted molar refractivity (Wildman–Crippen MR) is 143 cm³/mol. The number of carbonyl (C=O) groups is 1. The Morgan fingerprint density at radius 1 is 1.03 bits per heavy atom. The van der Waals surface area contributed by atoms with Crippen LogP contribution < -0.4 is 4.74 Å². The number of allylic oxidation sites excluding steroid dienone is 1. The molecule has 1 saturated carbocycles. The van der Waals surface area contributed by atoms with Crippen molar-refractivity contribution in [2.75, 3.05) is 6.61 Å². The molecule has 0 radical (unpaired) electrons. The lowest BCUT2D eigenvalue weighted by Gasteiger charge is -2.29. The van der Waals surface area contributed by atoms with Gasteiger partial charge in [-0.05, 0) is 78.4 Å². The molecule has 1 fully saturated rings. The van der Waals surface area contributed by atoms with Gasteiger partial charge in [-0.15, -0.1) is 0 Å².